The van der Waals surface area contributed by atoms with Crippen molar-refractivity contribution in [2.45, 2.75) is 12.0 Å². The van der Waals surface area contributed by atoms with Crippen molar-refractivity contribution in [2.24, 2.45) is 0 Å². The molecule has 2 rings (SSSR count). The molecule has 17 heavy (non-hydrogen) atoms. The number of methoxy groups -OCH3 is 1. The van der Waals surface area contributed by atoms with Gasteiger partial charge in [-0.25, -0.2) is 0 Å². The van der Waals surface area contributed by atoms with Crippen LogP contribution < -0.4 is 10.1 Å². The minimum Gasteiger partial charge on any atom is -0.497 e. The molecule has 6 heteroatoms. The van der Waals surface area contributed by atoms with Crippen LogP contribution in [0.5, 0.6) is 5.75 Å². The van der Waals surface area contributed by atoms with Gasteiger partial charge in [0.15, 0.2) is 0 Å². The van der Waals surface area contributed by atoms with Crippen LogP contribution >= 0.6 is 0 Å². The molecule has 1 fully saturated rings. The van der Waals surface area contributed by atoms with E-state index in [0.717, 1.165) is 0 Å². The number of ether oxygens (including phenoxy) is 1. The second kappa shape index (κ2) is 4.31. The van der Waals surface area contributed by atoms with Crippen LogP contribution in [-0.4, -0.2) is 35.8 Å². The molecular weight excluding hydrogens is 224 g/mol. The number of benzene rings is 1. The lowest BCUT2D eigenvalue weighted by molar-refractivity contribution is -0.385. The molecule has 0 spiro atoms. The average Bonchev–Trinajstić information content (AvgIpc) is 2.27. The van der Waals surface area contributed by atoms with Crippen molar-refractivity contribution >= 4 is 5.69 Å². The van der Waals surface area contributed by atoms with Gasteiger partial charge in [-0.1, -0.05) is 0 Å². The van der Waals surface area contributed by atoms with E-state index in [9.17, 15) is 15.2 Å². The molecular formula is C11H14N2O4. The van der Waals surface area contributed by atoms with Gasteiger partial charge in [-0.3, -0.25) is 10.1 Å². The molecule has 1 aliphatic rings. The van der Waals surface area contributed by atoms with Gasteiger partial charge in [0.2, 0.25) is 0 Å². The largest absolute Gasteiger partial charge is 0.497 e. The Hall–Kier alpha value is -1.66. The van der Waals surface area contributed by atoms with Crippen LogP contribution in [0.2, 0.25) is 0 Å². The van der Waals surface area contributed by atoms with Crippen LogP contribution in [0.15, 0.2) is 18.2 Å². The first kappa shape index (κ1) is 11.8. The Morgan fingerprint density at radius 1 is 1.59 bits per heavy atom. The molecule has 0 unspecified atom stereocenters. The summed E-state index contributed by atoms with van der Waals surface area (Å²) in [6.07, 6.45) is 0.278. The van der Waals surface area contributed by atoms with Crippen LogP contribution in [-0.2, 0) is 6.42 Å². The highest BCUT2D eigenvalue weighted by atomic mass is 16.6. The predicted octanol–water partition coefficient (Wildman–Crippen LogP) is 0.480. The Morgan fingerprint density at radius 3 is 2.76 bits per heavy atom. The van der Waals surface area contributed by atoms with Crippen LogP contribution in [0, 0.1) is 10.1 Å². The molecule has 2 N–H and O–H groups in total. The van der Waals surface area contributed by atoms with Crippen molar-refractivity contribution in [3.05, 3.63) is 33.9 Å². The van der Waals surface area contributed by atoms with Crippen molar-refractivity contribution in [3.8, 4) is 5.75 Å². The van der Waals surface area contributed by atoms with E-state index in [4.69, 9.17) is 4.74 Å². The summed E-state index contributed by atoms with van der Waals surface area (Å²) in [4.78, 5) is 10.5. The molecule has 6 nitrogen and oxygen atoms in total. The Balaban J connectivity index is 2.29. The highest BCUT2D eigenvalue weighted by Gasteiger charge is 2.36. The highest BCUT2D eigenvalue weighted by Crippen LogP contribution is 2.28. The van der Waals surface area contributed by atoms with Gasteiger partial charge in [-0.05, 0) is 12.1 Å². The van der Waals surface area contributed by atoms with Gasteiger partial charge < -0.3 is 15.2 Å². The lowest BCUT2D eigenvalue weighted by atomic mass is 9.88. The van der Waals surface area contributed by atoms with Gasteiger partial charge in [0.05, 0.1) is 23.7 Å². The van der Waals surface area contributed by atoms with E-state index in [1.165, 1.54) is 13.2 Å². The third-order valence-corrected chi connectivity index (χ3v) is 2.92. The summed E-state index contributed by atoms with van der Waals surface area (Å²) in [7, 11) is 1.46. The van der Waals surface area contributed by atoms with Crippen molar-refractivity contribution < 1.29 is 14.8 Å². The summed E-state index contributed by atoms with van der Waals surface area (Å²) in [5.41, 5.74) is -0.344. The zero-order chi connectivity index (χ0) is 12.5. The Labute approximate surface area is 98.4 Å². The third kappa shape index (κ3) is 2.37. The zero-order valence-corrected chi connectivity index (χ0v) is 9.47. The lowest BCUT2D eigenvalue weighted by Gasteiger charge is -2.37. The van der Waals surface area contributed by atoms with Gasteiger partial charge in [-0.15, -0.1) is 0 Å². The summed E-state index contributed by atoms with van der Waals surface area (Å²) >= 11 is 0. The second-order valence-electron chi connectivity index (χ2n) is 4.26. The quantitative estimate of drug-likeness (QED) is 0.588. The van der Waals surface area contributed by atoms with Gasteiger partial charge in [0.1, 0.15) is 5.75 Å². The molecule has 0 atom stereocenters. The molecule has 1 aromatic rings. The Bertz CT molecular complexity index is 443. The summed E-state index contributed by atoms with van der Waals surface area (Å²) in [5, 5.41) is 23.9. The van der Waals surface area contributed by atoms with Gasteiger partial charge in [0, 0.05) is 25.1 Å². The maximum Gasteiger partial charge on any atom is 0.276 e. The SMILES string of the molecule is COc1ccc(CC2(O)CNC2)c([N+](=O)[O-])c1. The van der Waals surface area contributed by atoms with Crippen LogP contribution in [0.25, 0.3) is 0 Å². The number of hydrogen-bond donors (Lipinski definition) is 2. The van der Waals surface area contributed by atoms with E-state index in [0.29, 0.717) is 24.4 Å². The fourth-order valence-corrected chi connectivity index (χ4v) is 1.88. The zero-order valence-electron chi connectivity index (χ0n) is 9.47. The monoisotopic (exact) mass is 238 g/mol. The topological polar surface area (TPSA) is 84.6 Å². The predicted molar refractivity (Wildman–Crippen MR) is 61.2 cm³/mol. The summed E-state index contributed by atoms with van der Waals surface area (Å²) in [6, 6.07) is 4.68. The minimum absolute atomic E-state index is 0.00956. The number of nitrogens with zero attached hydrogens (tertiary/aromatic N) is 1. The number of rotatable bonds is 4. The molecule has 0 bridgehead atoms. The number of nitro groups is 1. The van der Waals surface area contributed by atoms with Crippen molar-refractivity contribution in [3.63, 3.8) is 0 Å². The van der Waals surface area contributed by atoms with Gasteiger partial charge in [-0.2, -0.15) is 0 Å². The summed E-state index contributed by atoms with van der Waals surface area (Å²) in [5.74, 6) is 0.444. The van der Waals surface area contributed by atoms with Crippen molar-refractivity contribution in [2.75, 3.05) is 20.2 Å². The smallest absolute Gasteiger partial charge is 0.276 e. The highest BCUT2D eigenvalue weighted by molar-refractivity contribution is 5.47. The molecule has 0 radical (unpaired) electrons. The normalized spacial score (nSPS) is 17.3. The molecule has 0 amide bonds. The lowest BCUT2D eigenvalue weighted by Crippen LogP contribution is -2.60. The second-order valence-corrected chi connectivity index (χ2v) is 4.26. The number of aliphatic hydroxyl groups is 1. The van der Waals surface area contributed by atoms with Gasteiger partial charge >= 0.3 is 0 Å². The van der Waals surface area contributed by atoms with Crippen LogP contribution in [0.1, 0.15) is 5.56 Å². The molecule has 0 saturated carbocycles. The molecule has 0 aromatic heterocycles. The third-order valence-electron chi connectivity index (χ3n) is 2.92. The summed E-state index contributed by atoms with van der Waals surface area (Å²) < 4.78 is 4.95. The average molecular weight is 238 g/mol. The first-order valence-electron chi connectivity index (χ1n) is 5.28. The molecule has 92 valence electrons. The standard InChI is InChI=1S/C11H14N2O4/c1-17-9-3-2-8(10(4-9)13(15)16)5-11(14)6-12-7-11/h2-4,12,14H,5-7H2,1H3. The maximum atomic E-state index is 10.9. The number of nitro benzene ring substituents is 1. The molecule has 0 aliphatic carbocycles. The van der Waals surface area contributed by atoms with Crippen LogP contribution in [0.4, 0.5) is 5.69 Å². The van der Waals surface area contributed by atoms with Gasteiger partial charge in [0.25, 0.3) is 5.69 Å². The molecule has 1 heterocycles. The Morgan fingerprint density at radius 2 is 2.29 bits per heavy atom. The van der Waals surface area contributed by atoms with E-state index >= 15 is 0 Å². The fraction of sp³-hybridized carbons (Fsp3) is 0.455. The van der Waals surface area contributed by atoms with E-state index in [2.05, 4.69) is 5.32 Å². The van der Waals surface area contributed by atoms with E-state index in [1.54, 1.807) is 12.1 Å². The maximum absolute atomic E-state index is 10.9. The molecule has 1 aliphatic heterocycles. The Kier molecular flexibility index (Phi) is 2.99. The summed E-state index contributed by atoms with van der Waals surface area (Å²) in [6.45, 7) is 0.937. The van der Waals surface area contributed by atoms with Crippen molar-refractivity contribution in [1.29, 1.82) is 0 Å². The van der Waals surface area contributed by atoms with E-state index in [-0.39, 0.29) is 12.1 Å². The van der Waals surface area contributed by atoms with Crippen LogP contribution in [0.3, 0.4) is 0 Å². The first-order chi connectivity index (χ1) is 8.04. The van der Waals surface area contributed by atoms with Crippen molar-refractivity contribution in [1.82, 2.24) is 5.32 Å². The first-order valence-corrected chi connectivity index (χ1v) is 5.28. The minimum atomic E-state index is -0.862. The number of β-amino-alcohol motifs (C(OH)–C–C–N with tert-alkyl or cyclic N) is 1. The fourth-order valence-electron chi connectivity index (χ4n) is 1.88. The van der Waals surface area contributed by atoms with E-state index in [1.807, 2.05) is 0 Å². The number of hydrogen-bond acceptors (Lipinski definition) is 5. The molecule has 1 aromatic carbocycles. The number of nitrogens with one attached hydrogen (secondary N) is 1. The molecule has 1 saturated heterocycles. The van der Waals surface area contributed by atoms with E-state index < -0.39 is 10.5 Å².